The Labute approximate surface area is 200 Å². The lowest BCUT2D eigenvalue weighted by Crippen LogP contribution is -2.52. The molecule has 1 fully saturated rings. The van der Waals surface area contributed by atoms with E-state index in [4.69, 9.17) is 4.74 Å². The molecule has 0 aliphatic carbocycles. The highest BCUT2D eigenvalue weighted by Crippen LogP contribution is 2.34. The number of esters is 1. The van der Waals surface area contributed by atoms with Crippen LogP contribution >= 0.6 is 11.8 Å². The molecule has 2 aliphatic heterocycles. The molecule has 4 rings (SSSR count). The first-order chi connectivity index (χ1) is 16.2. The molecule has 9 nitrogen and oxygen atoms in total. The van der Waals surface area contributed by atoms with Crippen LogP contribution in [-0.2, 0) is 19.1 Å². The number of thioether (sulfide) groups is 1. The molecule has 2 heterocycles. The van der Waals surface area contributed by atoms with Gasteiger partial charge in [-0.3, -0.25) is 19.2 Å². The average Bonchev–Trinajstić information content (AvgIpc) is 3.16. The fourth-order valence-corrected chi connectivity index (χ4v) is 5.04. The van der Waals surface area contributed by atoms with Crippen LogP contribution in [-0.4, -0.2) is 59.8 Å². The monoisotopic (exact) mass is 483 g/mol. The number of hydrogen-bond acceptors (Lipinski definition) is 7. The Kier molecular flexibility index (Phi) is 6.78. The Morgan fingerprint density at radius 1 is 1.15 bits per heavy atom. The minimum atomic E-state index is -0.872. The highest BCUT2D eigenvalue weighted by atomic mass is 32.2. The number of phenols is 1. The van der Waals surface area contributed by atoms with Crippen molar-refractivity contribution in [1.29, 1.82) is 0 Å². The van der Waals surface area contributed by atoms with Crippen LogP contribution in [0.4, 0.5) is 5.69 Å². The zero-order valence-corrected chi connectivity index (χ0v) is 19.6. The Bertz CT molecular complexity index is 1140. The molecule has 0 radical (unpaired) electrons. The summed E-state index contributed by atoms with van der Waals surface area (Å²) < 4.78 is 4.88. The van der Waals surface area contributed by atoms with Crippen LogP contribution < -0.4 is 15.5 Å². The van der Waals surface area contributed by atoms with Crippen LogP contribution in [0.2, 0.25) is 0 Å². The van der Waals surface area contributed by atoms with Crippen molar-refractivity contribution in [1.82, 2.24) is 10.6 Å². The molecule has 2 aromatic carbocycles. The van der Waals surface area contributed by atoms with E-state index in [1.807, 2.05) is 12.1 Å². The number of nitrogens with one attached hydrogen (secondary N) is 2. The molecule has 2 aromatic rings. The summed E-state index contributed by atoms with van der Waals surface area (Å²) in [4.78, 5) is 52.6. The SMILES string of the molecule is Cc1cc(C(=O)N[C@H]2CSc3ccccc3N(CC(=O)N[C@@H]3COC(=O)C3)C2=O)cc(C)c1O. The number of cyclic esters (lactones) is 1. The number of nitrogens with zero attached hydrogens (tertiary/aromatic N) is 1. The highest BCUT2D eigenvalue weighted by Gasteiger charge is 2.34. The van der Waals surface area contributed by atoms with E-state index in [1.54, 1.807) is 38.1 Å². The van der Waals surface area contributed by atoms with Crippen LogP contribution in [0.3, 0.4) is 0 Å². The molecule has 3 amide bonds. The van der Waals surface area contributed by atoms with Crippen LogP contribution in [0.1, 0.15) is 27.9 Å². The van der Waals surface area contributed by atoms with Crippen molar-refractivity contribution in [2.75, 3.05) is 23.8 Å². The van der Waals surface area contributed by atoms with Crippen LogP contribution in [0.15, 0.2) is 41.3 Å². The minimum Gasteiger partial charge on any atom is -0.507 e. The van der Waals surface area contributed by atoms with Crippen molar-refractivity contribution in [3.05, 3.63) is 53.1 Å². The quantitative estimate of drug-likeness (QED) is 0.553. The maximum Gasteiger partial charge on any atom is 0.308 e. The number of aryl methyl sites for hydroxylation is 2. The van der Waals surface area contributed by atoms with Gasteiger partial charge in [0.1, 0.15) is 24.9 Å². The molecule has 3 N–H and O–H groups in total. The first kappa shape index (κ1) is 23.6. The summed E-state index contributed by atoms with van der Waals surface area (Å²) in [7, 11) is 0. The summed E-state index contributed by atoms with van der Waals surface area (Å²) in [5.74, 6) is -1.23. The molecular formula is C24H25N3O6S. The summed E-state index contributed by atoms with van der Waals surface area (Å²) in [6.07, 6.45) is 0.0935. The summed E-state index contributed by atoms with van der Waals surface area (Å²) in [6, 6.07) is 9.07. The number of para-hydroxylation sites is 1. The molecule has 2 aliphatic rings. The number of phenolic OH excluding ortho intramolecular Hbond substituents is 1. The standard InChI is InChI=1S/C24H25N3O6S/c1-13-7-15(8-14(2)22(13)30)23(31)26-17-12-34-19-6-4-3-5-18(19)27(24(17)32)10-20(28)25-16-9-21(29)33-11-16/h3-8,16-17,30H,9-12H2,1-2H3,(H,25,28)(H,26,31)/t16-,17-/m0/s1. The van der Waals surface area contributed by atoms with Gasteiger partial charge in [0.25, 0.3) is 11.8 Å². The number of carbonyl (C=O) groups excluding carboxylic acids is 4. The zero-order chi connectivity index (χ0) is 24.4. The molecule has 10 heteroatoms. The first-order valence-corrected chi connectivity index (χ1v) is 11.8. The largest absolute Gasteiger partial charge is 0.507 e. The van der Waals surface area contributed by atoms with E-state index >= 15 is 0 Å². The third-order valence-electron chi connectivity index (χ3n) is 5.71. The molecule has 0 bridgehead atoms. The van der Waals surface area contributed by atoms with Crippen molar-refractivity contribution >= 4 is 41.1 Å². The maximum absolute atomic E-state index is 13.5. The van der Waals surface area contributed by atoms with Crippen molar-refractivity contribution in [3.8, 4) is 5.75 Å². The van der Waals surface area contributed by atoms with Gasteiger partial charge in [-0.15, -0.1) is 11.8 Å². The number of ether oxygens (including phenoxy) is 1. The smallest absolute Gasteiger partial charge is 0.308 e. The number of aromatic hydroxyl groups is 1. The van der Waals surface area contributed by atoms with E-state index in [0.29, 0.717) is 28.1 Å². The third-order valence-corrected chi connectivity index (χ3v) is 6.87. The normalized spacial score (nSPS) is 19.8. The maximum atomic E-state index is 13.5. The Morgan fingerprint density at radius 2 is 1.85 bits per heavy atom. The molecule has 0 aromatic heterocycles. The number of carbonyl (C=O) groups is 4. The summed E-state index contributed by atoms with van der Waals surface area (Å²) in [5.41, 5.74) is 2.04. The van der Waals surface area contributed by atoms with Gasteiger partial charge in [-0.1, -0.05) is 12.1 Å². The molecule has 178 valence electrons. The minimum absolute atomic E-state index is 0.0935. The van der Waals surface area contributed by atoms with E-state index in [0.717, 1.165) is 4.90 Å². The van der Waals surface area contributed by atoms with Gasteiger partial charge in [-0.05, 0) is 49.2 Å². The molecule has 2 atom stereocenters. The van der Waals surface area contributed by atoms with Gasteiger partial charge >= 0.3 is 5.97 Å². The lowest BCUT2D eigenvalue weighted by molar-refractivity contribution is -0.138. The van der Waals surface area contributed by atoms with Crippen molar-refractivity contribution in [3.63, 3.8) is 0 Å². The first-order valence-electron chi connectivity index (χ1n) is 10.8. The van der Waals surface area contributed by atoms with Crippen LogP contribution in [0, 0.1) is 13.8 Å². The third kappa shape index (κ3) is 5.01. The highest BCUT2D eigenvalue weighted by molar-refractivity contribution is 7.99. The Hall–Kier alpha value is -3.53. The number of rotatable bonds is 5. The number of amides is 3. The fraction of sp³-hybridized carbons (Fsp3) is 0.333. The average molecular weight is 484 g/mol. The molecule has 0 saturated carbocycles. The van der Waals surface area contributed by atoms with Crippen LogP contribution in [0.5, 0.6) is 5.75 Å². The van der Waals surface area contributed by atoms with Gasteiger partial charge in [0.05, 0.1) is 18.2 Å². The Morgan fingerprint density at radius 3 is 2.53 bits per heavy atom. The van der Waals surface area contributed by atoms with Gasteiger partial charge in [0, 0.05) is 16.2 Å². The molecule has 1 saturated heterocycles. The summed E-state index contributed by atoms with van der Waals surface area (Å²) >= 11 is 1.42. The molecule has 0 unspecified atom stereocenters. The van der Waals surface area contributed by atoms with Gasteiger partial charge in [-0.2, -0.15) is 0 Å². The van der Waals surface area contributed by atoms with Crippen molar-refractivity contribution in [2.24, 2.45) is 0 Å². The number of benzene rings is 2. The van der Waals surface area contributed by atoms with Crippen LogP contribution in [0.25, 0.3) is 0 Å². The van der Waals surface area contributed by atoms with Crippen molar-refractivity contribution in [2.45, 2.75) is 37.2 Å². The van der Waals surface area contributed by atoms with Crippen molar-refractivity contribution < 1.29 is 29.0 Å². The summed E-state index contributed by atoms with van der Waals surface area (Å²) in [5, 5.41) is 15.5. The van der Waals surface area contributed by atoms with Gasteiger partial charge in [-0.25, -0.2) is 0 Å². The zero-order valence-electron chi connectivity index (χ0n) is 18.8. The lowest BCUT2D eigenvalue weighted by Gasteiger charge is -2.26. The van der Waals surface area contributed by atoms with E-state index < -0.39 is 29.8 Å². The predicted molar refractivity (Wildman–Crippen MR) is 126 cm³/mol. The molecule has 0 spiro atoms. The molecule has 34 heavy (non-hydrogen) atoms. The van der Waals surface area contributed by atoms with Gasteiger partial charge < -0.3 is 25.4 Å². The van der Waals surface area contributed by atoms with Gasteiger partial charge in [0.2, 0.25) is 5.91 Å². The second-order valence-corrected chi connectivity index (χ2v) is 9.40. The second-order valence-electron chi connectivity index (χ2n) is 8.34. The second kappa shape index (κ2) is 9.76. The summed E-state index contributed by atoms with van der Waals surface area (Å²) in [6.45, 7) is 3.25. The Balaban J connectivity index is 1.54. The van der Waals surface area contributed by atoms with E-state index in [-0.39, 0.29) is 31.3 Å². The van der Waals surface area contributed by atoms with Gasteiger partial charge in [0.15, 0.2) is 0 Å². The van der Waals surface area contributed by atoms with E-state index in [2.05, 4.69) is 10.6 Å². The predicted octanol–water partition coefficient (Wildman–Crippen LogP) is 1.68. The number of fused-ring (bicyclic) bond motifs is 1. The topological polar surface area (TPSA) is 125 Å². The van der Waals surface area contributed by atoms with E-state index in [9.17, 15) is 24.3 Å². The van der Waals surface area contributed by atoms with E-state index in [1.165, 1.54) is 16.7 Å². The lowest BCUT2D eigenvalue weighted by atomic mass is 10.0. The number of hydrogen-bond donors (Lipinski definition) is 3. The number of anilines is 1. The fourth-order valence-electron chi connectivity index (χ4n) is 3.97. The molecular weight excluding hydrogens is 458 g/mol.